The molecule has 1 N–H and O–H groups in total. The van der Waals surface area contributed by atoms with Crippen LogP contribution < -0.4 is 25.0 Å². The van der Waals surface area contributed by atoms with Gasteiger partial charge >= 0.3 is 0 Å². The molecule has 8 nitrogen and oxygen atoms in total. The van der Waals surface area contributed by atoms with Crippen molar-refractivity contribution in [2.24, 2.45) is 0 Å². The summed E-state index contributed by atoms with van der Waals surface area (Å²) in [6.07, 6.45) is 0. The summed E-state index contributed by atoms with van der Waals surface area (Å²) in [7, 11) is 0. The van der Waals surface area contributed by atoms with E-state index in [-0.39, 0.29) is 18.4 Å². The Balaban J connectivity index is 1.68. The molecular weight excluding hydrogens is 362 g/mol. The standard InChI is InChI=1S/C20H17N3O5/c1-2-26-18-11-15(24)19(22-23(18)14-6-4-3-5-7-14)20(25)21-13-8-9-16-17(10-13)28-12-27-16/h3-11H,2,12H2,1H3,(H,21,25). The lowest BCUT2D eigenvalue weighted by Crippen LogP contribution is -2.26. The van der Waals surface area contributed by atoms with Crippen LogP contribution in [0.15, 0.2) is 59.4 Å². The summed E-state index contributed by atoms with van der Waals surface area (Å²) in [5, 5.41) is 6.91. The van der Waals surface area contributed by atoms with Crippen LogP contribution in [0.1, 0.15) is 17.4 Å². The van der Waals surface area contributed by atoms with Gasteiger partial charge in [-0.3, -0.25) is 9.59 Å². The van der Waals surface area contributed by atoms with Crippen molar-refractivity contribution < 1.29 is 19.0 Å². The number of benzene rings is 2. The summed E-state index contributed by atoms with van der Waals surface area (Å²) in [4.78, 5) is 25.1. The van der Waals surface area contributed by atoms with Crippen LogP contribution in [0.3, 0.4) is 0 Å². The Hall–Kier alpha value is -3.81. The van der Waals surface area contributed by atoms with Crippen LogP contribution >= 0.6 is 0 Å². The van der Waals surface area contributed by atoms with E-state index in [1.54, 1.807) is 37.3 Å². The summed E-state index contributed by atoms with van der Waals surface area (Å²) in [5.41, 5.74) is 0.359. The van der Waals surface area contributed by atoms with Gasteiger partial charge < -0.3 is 19.5 Å². The molecular formula is C20H17N3O5. The van der Waals surface area contributed by atoms with Crippen LogP contribution in [0, 0.1) is 0 Å². The Morgan fingerprint density at radius 2 is 1.93 bits per heavy atom. The van der Waals surface area contributed by atoms with Crippen LogP contribution in [0.4, 0.5) is 5.69 Å². The minimum atomic E-state index is -0.628. The number of aromatic nitrogens is 2. The number of rotatable bonds is 5. The lowest BCUT2D eigenvalue weighted by Gasteiger charge is -2.13. The van der Waals surface area contributed by atoms with Crippen molar-refractivity contribution in [2.45, 2.75) is 6.92 Å². The third-order valence-electron chi connectivity index (χ3n) is 4.04. The highest BCUT2D eigenvalue weighted by atomic mass is 16.7. The summed E-state index contributed by atoms with van der Waals surface area (Å²) in [5.74, 6) is 0.762. The molecule has 142 valence electrons. The van der Waals surface area contributed by atoms with Crippen molar-refractivity contribution in [1.29, 1.82) is 0 Å². The minimum absolute atomic E-state index is 0.134. The summed E-state index contributed by atoms with van der Waals surface area (Å²) >= 11 is 0. The molecule has 1 amide bonds. The van der Waals surface area contributed by atoms with Gasteiger partial charge in [0.05, 0.1) is 18.4 Å². The average molecular weight is 379 g/mol. The van der Waals surface area contributed by atoms with Crippen LogP contribution in [0.5, 0.6) is 17.4 Å². The third-order valence-corrected chi connectivity index (χ3v) is 4.04. The van der Waals surface area contributed by atoms with E-state index in [2.05, 4.69) is 10.4 Å². The number of hydrogen-bond acceptors (Lipinski definition) is 6. The van der Waals surface area contributed by atoms with Crippen LogP contribution in [0.2, 0.25) is 0 Å². The van der Waals surface area contributed by atoms with Gasteiger partial charge in [0.25, 0.3) is 5.91 Å². The van der Waals surface area contributed by atoms with E-state index in [0.29, 0.717) is 29.5 Å². The number of ether oxygens (including phenoxy) is 3. The number of anilines is 1. The number of fused-ring (bicyclic) bond motifs is 1. The van der Waals surface area contributed by atoms with Crippen LogP contribution in [-0.2, 0) is 0 Å². The second kappa shape index (κ2) is 7.43. The molecule has 4 rings (SSSR count). The SMILES string of the molecule is CCOc1cc(=O)c(C(=O)Nc2ccc3c(c2)OCO3)nn1-c1ccccc1. The number of hydrogen-bond donors (Lipinski definition) is 1. The maximum Gasteiger partial charge on any atom is 0.280 e. The van der Waals surface area contributed by atoms with E-state index in [1.807, 2.05) is 18.2 Å². The molecule has 2 heterocycles. The molecule has 1 aliphatic heterocycles. The van der Waals surface area contributed by atoms with Crippen LogP contribution in [-0.4, -0.2) is 29.1 Å². The average Bonchev–Trinajstić information content (AvgIpc) is 3.17. The number of para-hydroxylation sites is 1. The predicted octanol–water partition coefficient (Wildman–Crippen LogP) is 2.61. The van der Waals surface area contributed by atoms with Gasteiger partial charge in [0.2, 0.25) is 18.1 Å². The zero-order valence-corrected chi connectivity index (χ0v) is 15.0. The van der Waals surface area contributed by atoms with Gasteiger partial charge in [0, 0.05) is 11.8 Å². The van der Waals surface area contributed by atoms with Gasteiger partial charge in [-0.2, -0.15) is 5.10 Å². The van der Waals surface area contributed by atoms with Crippen molar-refractivity contribution in [2.75, 3.05) is 18.7 Å². The van der Waals surface area contributed by atoms with Crippen molar-refractivity contribution >= 4 is 11.6 Å². The molecule has 0 saturated heterocycles. The molecule has 0 aliphatic carbocycles. The first-order valence-electron chi connectivity index (χ1n) is 8.69. The second-order valence-electron chi connectivity index (χ2n) is 5.90. The molecule has 28 heavy (non-hydrogen) atoms. The first-order valence-corrected chi connectivity index (χ1v) is 8.69. The number of carbonyl (C=O) groups is 1. The molecule has 1 aromatic heterocycles. The highest BCUT2D eigenvalue weighted by molar-refractivity contribution is 6.02. The van der Waals surface area contributed by atoms with Crippen molar-refractivity contribution in [3.05, 3.63) is 70.5 Å². The Labute approximate surface area is 160 Å². The molecule has 0 radical (unpaired) electrons. The normalized spacial score (nSPS) is 11.9. The van der Waals surface area contributed by atoms with Gasteiger partial charge in [-0.05, 0) is 31.2 Å². The first-order chi connectivity index (χ1) is 13.7. The van der Waals surface area contributed by atoms with Gasteiger partial charge in [-0.25, -0.2) is 4.68 Å². The minimum Gasteiger partial charge on any atom is -0.478 e. The summed E-state index contributed by atoms with van der Waals surface area (Å²) < 4.78 is 17.5. The molecule has 0 fully saturated rings. The van der Waals surface area contributed by atoms with E-state index >= 15 is 0 Å². The Morgan fingerprint density at radius 3 is 2.71 bits per heavy atom. The van der Waals surface area contributed by atoms with Crippen molar-refractivity contribution in [3.63, 3.8) is 0 Å². The fourth-order valence-corrected chi connectivity index (χ4v) is 2.77. The molecule has 3 aromatic rings. The molecule has 0 spiro atoms. The molecule has 2 aromatic carbocycles. The molecule has 0 atom stereocenters. The fourth-order valence-electron chi connectivity index (χ4n) is 2.77. The quantitative estimate of drug-likeness (QED) is 0.733. The molecule has 0 saturated carbocycles. The molecule has 1 aliphatic rings. The fraction of sp³-hybridized carbons (Fsp3) is 0.150. The zero-order chi connectivity index (χ0) is 19.5. The van der Waals surface area contributed by atoms with Gasteiger partial charge in [0.1, 0.15) is 0 Å². The third kappa shape index (κ3) is 3.39. The number of nitrogens with zero attached hydrogens (tertiary/aromatic N) is 2. The smallest absolute Gasteiger partial charge is 0.280 e. The van der Waals surface area contributed by atoms with E-state index in [1.165, 1.54) is 10.7 Å². The highest BCUT2D eigenvalue weighted by Crippen LogP contribution is 2.34. The second-order valence-corrected chi connectivity index (χ2v) is 5.90. The molecule has 0 bridgehead atoms. The monoisotopic (exact) mass is 379 g/mol. The molecule has 8 heteroatoms. The topological polar surface area (TPSA) is 91.7 Å². The number of amides is 1. The highest BCUT2D eigenvalue weighted by Gasteiger charge is 2.19. The van der Waals surface area contributed by atoms with Gasteiger partial charge in [0.15, 0.2) is 17.2 Å². The summed E-state index contributed by atoms with van der Waals surface area (Å²) in [6, 6.07) is 15.4. The van der Waals surface area contributed by atoms with Crippen molar-refractivity contribution in [3.8, 4) is 23.1 Å². The van der Waals surface area contributed by atoms with Crippen molar-refractivity contribution in [1.82, 2.24) is 9.78 Å². The van der Waals surface area contributed by atoms with Crippen LogP contribution in [0.25, 0.3) is 5.69 Å². The van der Waals surface area contributed by atoms with Gasteiger partial charge in [-0.15, -0.1) is 0 Å². The van der Waals surface area contributed by atoms with Gasteiger partial charge in [-0.1, -0.05) is 18.2 Å². The van der Waals surface area contributed by atoms with E-state index in [9.17, 15) is 9.59 Å². The Bertz CT molecular complexity index is 1080. The number of carbonyl (C=O) groups excluding carboxylic acids is 1. The van der Waals surface area contributed by atoms with E-state index in [0.717, 1.165) is 0 Å². The summed E-state index contributed by atoms with van der Waals surface area (Å²) in [6.45, 7) is 2.30. The van der Waals surface area contributed by atoms with E-state index < -0.39 is 11.3 Å². The van der Waals surface area contributed by atoms with E-state index in [4.69, 9.17) is 14.2 Å². The number of nitrogens with one attached hydrogen (secondary N) is 1. The Kier molecular flexibility index (Phi) is 4.67. The molecule has 0 unspecified atom stereocenters. The maximum atomic E-state index is 12.7. The Morgan fingerprint density at radius 1 is 1.14 bits per heavy atom. The largest absolute Gasteiger partial charge is 0.478 e. The predicted molar refractivity (Wildman–Crippen MR) is 102 cm³/mol. The lowest BCUT2D eigenvalue weighted by atomic mass is 10.2. The maximum absolute atomic E-state index is 12.7. The zero-order valence-electron chi connectivity index (χ0n) is 15.0. The lowest BCUT2D eigenvalue weighted by molar-refractivity contribution is 0.101. The first kappa shape index (κ1) is 17.6.